The molecule has 1 N–H and O–H groups in total. The smallest absolute Gasteiger partial charge is 0.349 e. The van der Waals surface area contributed by atoms with Crippen LogP contribution in [0.25, 0.3) is 0 Å². The molecule has 25 heavy (non-hydrogen) atoms. The summed E-state index contributed by atoms with van der Waals surface area (Å²) in [6, 6.07) is 3.12. The number of thiophene rings is 1. The van der Waals surface area contributed by atoms with Crippen LogP contribution in [0, 0.1) is 13.8 Å². The molecular formula is C17H18ClNO5S. The van der Waals surface area contributed by atoms with Crippen molar-refractivity contribution in [2.75, 3.05) is 6.61 Å². The van der Waals surface area contributed by atoms with Gasteiger partial charge in [-0.3, -0.25) is 4.79 Å². The van der Waals surface area contributed by atoms with Crippen molar-refractivity contribution in [1.29, 1.82) is 0 Å². The highest BCUT2D eigenvalue weighted by molar-refractivity contribution is 7.17. The fourth-order valence-corrected chi connectivity index (χ4v) is 3.33. The average Bonchev–Trinajstić information content (AvgIpc) is 3.10. The van der Waals surface area contributed by atoms with E-state index in [0.29, 0.717) is 26.0 Å². The lowest BCUT2D eigenvalue weighted by atomic mass is 10.1. The van der Waals surface area contributed by atoms with Crippen LogP contribution in [-0.2, 0) is 9.47 Å². The molecule has 0 saturated heterocycles. The maximum absolute atomic E-state index is 12.6. The Hall–Kier alpha value is -2.12. The maximum atomic E-state index is 12.6. The second-order valence-corrected chi connectivity index (χ2v) is 7.08. The zero-order chi connectivity index (χ0) is 18.7. The van der Waals surface area contributed by atoms with Gasteiger partial charge in [-0.25, -0.2) is 9.59 Å². The molecule has 0 fully saturated rings. The first kappa shape index (κ1) is 19.2. The molecule has 0 spiro atoms. The second-order valence-electron chi connectivity index (χ2n) is 5.36. The topological polar surface area (TPSA) is 85.5 Å². The highest BCUT2D eigenvalue weighted by Crippen LogP contribution is 2.24. The first-order valence-corrected chi connectivity index (χ1v) is 8.82. The summed E-state index contributed by atoms with van der Waals surface area (Å²) in [5.41, 5.74) is 1.56. The summed E-state index contributed by atoms with van der Waals surface area (Å²) in [5, 5.41) is 0. The van der Waals surface area contributed by atoms with Crippen LogP contribution in [0.4, 0.5) is 0 Å². The molecule has 0 radical (unpaired) electrons. The van der Waals surface area contributed by atoms with E-state index in [0.717, 1.165) is 11.3 Å². The molecule has 2 heterocycles. The molecule has 2 aromatic rings. The SMILES string of the molecule is CCOC(=O)c1c(C)[nH]c(C(=O)[C@H](C)OC(=O)c2ccc(Cl)s2)c1C. The number of halogens is 1. The molecule has 0 amide bonds. The van der Waals surface area contributed by atoms with Gasteiger partial charge in [0.25, 0.3) is 0 Å². The number of aromatic amines is 1. The van der Waals surface area contributed by atoms with Crippen molar-refractivity contribution >= 4 is 40.7 Å². The van der Waals surface area contributed by atoms with Gasteiger partial charge in [-0.15, -0.1) is 11.3 Å². The molecule has 0 unspecified atom stereocenters. The van der Waals surface area contributed by atoms with Gasteiger partial charge in [0, 0.05) is 5.69 Å². The number of aromatic nitrogens is 1. The van der Waals surface area contributed by atoms with Crippen LogP contribution < -0.4 is 0 Å². The van der Waals surface area contributed by atoms with E-state index < -0.39 is 23.8 Å². The molecule has 0 aromatic carbocycles. The Balaban J connectivity index is 2.18. The second kappa shape index (κ2) is 7.84. The molecule has 0 aliphatic heterocycles. The van der Waals surface area contributed by atoms with Gasteiger partial charge in [0.15, 0.2) is 6.10 Å². The van der Waals surface area contributed by atoms with Gasteiger partial charge in [0.2, 0.25) is 5.78 Å². The van der Waals surface area contributed by atoms with Crippen LogP contribution in [0.5, 0.6) is 0 Å². The molecule has 1 atom stereocenters. The number of carbonyl (C=O) groups excluding carboxylic acids is 3. The standard InChI is InChI=1S/C17H18ClNO5S/c1-5-23-17(22)13-8(2)14(19-9(13)3)15(20)10(4)24-16(21)11-6-7-12(18)25-11/h6-7,10,19H,5H2,1-4H3/t10-/m0/s1. The molecule has 2 rings (SSSR count). The number of ether oxygens (including phenoxy) is 2. The maximum Gasteiger partial charge on any atom is 0.349 e. The summed E-state index contributed by atoms with van der Waals surface area (Å²) in [6.07, 6.45) is -1.01. The fraction of sp³-hybridized carbons (Fsp3) is 0.353. The van der Waals surface area contributed by atoms with Gasteiger partial charge in [-0.2, -0.15) is 0 Å². The molecule has 8 heteroatoms. The lowest BCUT2D eigenvalue weighted by molar-refractivity contribution is 0.0321. The van der Waals surface area contributed by atoms with Crippen LogP contribution in [-0.4, -0.2) is 35.4 Å². The number of hydrogen-bond donors (Lipinski definition) is 1. The number of ketones is 1. The van der Waals surface area contributed by atoms with E-state index in [1.54, 1.807) is 26.8 Å². The predicted octanol–water partition coefficient (Wildman–Crippen LogP) is 3.95. The third-order valence-corrected chi connectivity index (χ3v) is 4.80. The minimum atomic E-state index is -1.01. The van der Waals surface area contributed by atoms with E-state index in [9.17, 15) is 14.4 Å². The van der Waals surface area contributed by atoms with Crippen molar-refractivity contribution < 1.29 is 23.9 Å². The van der Waals surface area contributed by atoms with E-state index in [-0.39, 0.29) is 12.3 Å². The van der Waals surface area contributed by atoms with Gasteiger partial charge in [-0.05, 0) is 45.4 Å². The molecular weight excluding hydrogens is 366 g/mol. The highest BCUT2D eigenvalue weighted by atomic mass is 35.5. The Morgan fingerprint density at radius 2 is 1.92 bits per heavy atom. The number of carbonyl (C=O) groups is 3. The van der Waals surface area contributed by atoms with Gasteiger partial charge < -0.3 is 14.5 Å². The summed E-state index contributed by atoms with van der Waals surface area (Å²) in [4.78, 5) is 39.9. The molecule has 0 saturated carbocycles. The van der Waals surface area contributed by atoms with Gasteiger partial charge in [0.1, 0.15) is 4.88 Å². The van der Waals surface area contributed by atoms with Gasteiger partial charge in [0.05, 0.1) is 22.2 Å². The summed E-state index contributed by atoms with van der Waals surface area (Å²) in [7, 11) is 0. The van der Waals surface area contributed by atoms with Crippen molar-refractivity contribution in [2.45, 2.75) is 33.8 Å². The van der Waals surface area contributed by atoms with Crippen molar-refractivity contribution in [2.24, 2.45) is 0 Å². The van der Waals surface area contributed by atoms with Crippen LogP contribution in [0.1, 0.15) is 55.6 Å². The summed E-state index contributed by atoms with van der Waals surface area (Å²) in [5.74, 6) is -1.54. The average molecular weight is 384 g/mol. The van der Waals surface area contributed by atoms with Crippen LogP contribution >= 0.6 is 22.9 Å². The zero-order valence-corrected chi connectivity index (χ0v) is 15.8. The third kappa shape index (κ3) is 4.11. The Morgan fingerprint density at radius 1 is 1.24 bits per heavy atom. The molecule has 0 aliphatic rings. The number of Topliss-reactive ketones (excluding diaryl/α,β-unsaturated/α-hetero) is 1. The van der Waals surface area contributed by atoms with E-state index in [1.807, 2.05) is 0 Å². The van der Waals surface area contributed by atoms with Crippen molar-refractivity contribution in [3.05, 3.63) is 43.9 Å². The van der Waals surface area contributed by atoms with E-state index in [1.165, 1.54) is 13.0 Å². The van der Waals surface area contributed by atoms with Crippen molar-refractivity contribution in [3.8, 4) is 0 Å². The van der Waals surface area contributed by atoms with E-state index in [4.69, 9.17) is 21.1 Å². The van der Waals surface area contributed by atoms with Crippen LogP contribution in [0.2, 0.25) is 4.34 Å². The number of hydrogen-bond acceptors (Lipinski definition) is 6. The first-order chi connectivity index (χ1) is 11.8. The fourth-order valence-electron chi connectivity index (χ4n) is 2.41. The molecule has 6 nitrogen and oxygen atoms in total. The molecule has 0 aliphatic carbocycles. The predicted molar refractivity (Wildman–Crippen MR) is 94.8 cm³/mol. The number of nitrogens with one attached hydrogen (secondary N) is 1. The summed E-state index contributed by atoms with van der Waals surface area (Å²) < 4.78 is 10.7. The van der Waals surface area contributed by atoms with E-state index in [2.05, 4.69) is 4.98 Å². The largest absolute Gasteiger partial charge is 0.462 e. The Labute approximate surface area is 154 Å². The van der Waals surface area contributed by atoms with Crippen LogP contribution in [0.3, 0.4) is 0 Å². The molecule has 2 aromatic heterocycles. The van der Waals surface area contributed by atoms with Crippen LogP contribution in [0.15, 0.2) is 12.1 Å². The number of esters is 2. The monoisotopic (exact) mass is 383 g/mol. The number of rotatable bonds is 6. The Morgan fingerprint density at radius 3 is 2.48 bits per heavy atom. The number of aryl methyl sites for hydroxylation is 1. The normalized spacial score (nSPS) is 11.9. The van der Waals surface area contributed by atoms with E-state index >= 15 is 0 Å². The van der Waals surface area contributed by atoms with Crippen molar-refractivity contribution in [1.82, 2.24) is 4.98 Å². The van der Waals surface area contributed by atoms with Gasteiger partial charge >= 0.3 is 11.9 Å². The summed E-state index contributed by atoms with van der Waals surface area (Å²) >= 11 is 6.87. The third-order valence-electron chi connectivity index (χ3n) is 3.59. The Bertz CT molecular complexity index is 823. The van der Waals surface area contributed by atoms with Gasteiger partial charge in [-0.1, -0.05) is 11.6 Å². The Kier molecular flexibility index (Phi) is 6.02. The highest BCUT2D eigenvalue weighted by Gasteiger charge is 2.28. The molecule has 134 valence electrons. The lowest BCUT2D eigenvalue weighted by Gasteiger charge is -2.11. The first-order valence-electron chi connectivity index (χ1n) is 7.63. The number of H-pyrrole nitrogens is 1. The molecule has 0 bridgehead atoms. The minimum Gasteiger partial charge on any atom is -0.462 e. The minimum absolute atomic E-state index is 0.227. The zero-order valence-electron chi connectivity index (χ0n) is 14.3. The lowest BCUT2D eigenvalue weighted by Crippen LogP contribution is -2.25. The van der Waals surface area contributed by atoms with Crippen molar-refractivity contribution in [3.63, 3.8) is 0 Å². The summed E-state index contributed by atoms with van der Waals surface area (Å²) in [6.45, 7) is 6.76. The quantitative estimate of drug-likeness (QED) is 0.603.